The summed E-state index contributed by atoms with van der Waals surface area (Å²) < 4.78 is 0. The van der Waals surface area contributed by atoms with E-state index < -0.39 is 5.97 Å². The van der Waals surface area contributed by atoms with Crippen LogP contribution in [0, 0.1) is 5.92 Å². The van der Waals surface area contributed by atoms with Gasteiger partial charge in [-0.25, -0.2) is 0 Å². The molecule has 1 unspecified atom stereocenters. The van der Waals surface area contributed by atoms with E-state index >= 15 is 0 Å². The number of carboxylic acid groups (broad SMARTS) is 1. The van der Waals surface area contributed by atoms with Crippen LogP contribution in [0.3, 0.4) is 0 Å². The summed E-state index contributed by atoms with van der Waals surface area (Å²) in [6, 6.07) is 10.5. The zero-order valence-corrected chi connectivity index (χ0v) is 15.5. The topological polar surface area (TPSA) is 60.9 Å². The minimum Gasteiger partial charge on any atom is -0.480 e. The molecule has 2 aliphatic heterocycles. The number of rotatable bonds is 6. The molecule has 5 heteroatoms. The van der Waals surface area contributed by atoms with Crippen LogP contribution in [-0.2, 0) is 16.0 Å². The fourth-order valence-electron chi connectivity index (χ4n) is 4.31. The van der Waals surface area contributed by atoms with Gasteiger partial charge < -0.3 is 10.0 Å². The Morgan fingerprint density at radius 2 is 1.77 bits per heavy atom. The minimum atomic E-state index is -0.918. The lowest BCUT2D eigenvalue weighted by atomic mass is 9.89. The zero-order chi connectivity index (χ0) is 18.4. The van der Waals surface area contributed by atoms with E-state index in [2.05, 4.69) is 35.2 Å². The second kappa shape index (κ2) is 9.17. The van der Waals surface area contributed by atoms with Crippen molar-refractivity contribution in [3.8, 4) is 0 Å². The number of benzene rings is 1. The number of carbonyl (C=O) groups excluding carboxylic acids is 1. The van der Waals surface area contributed by atoms with Crippen molar-refractivity contribution in [1.29, 1.82) is 0 Å². The lowest BCUT2D eigenvalue weighted by Gasteiger charge is -2.37. The van der Waals surface area contributed by atoms with Crippen molar-refractivity contribution in [2.45, 2.75) is 51.0 Å². The number of carbonyl (C=O) groups is 2. The highest BCUT2D eigenvalue weighted by Gasteiger charge is 2.34. The van der Waals surface area contributed by atoms with E-state index in [0.717, 1.165) is 57.5 Å². The van der Waals surface area contributed by atoms with Crippen molar-refractivity contribution in [3.05, 3.63) is 35.9 Å². The van der Waals surface area contributed by atoms with Crippen LogP contribution in [0.25, 0.3) is 0 Å². The molecule has 1 N–H and O–H groups in total. The van der Waals surface area contributed by atoms with Gasteiger partial charge in [0.1, 0.15) is 6.54 Å². The number of carboxylic acids is 1. The van der Waals surface area contributed by atoms with Crippen LogP contribution < -0.4 is 0 Å². The van der Waals surface area contributed by atoms with Gasteiger partial charge >= 0.3 is 5.97 Å². The molecule has 1 aromatic carbocycles. The number of hydrogen-bond donors (Lipinski definition) is 1. The summed E-state index contributed by atoms with van der Waals surface area (Å²) in [5.41, 5.74) is 1.40. The van der Waals surface area contributed by atoms with Gasteiger partial charge in [-0.1, -0.05) is 30.3 Å². The molecule has 26 heavy (non-hydrogen) atoms. The van der Waals surface area contributed by atoms with Crippen LogP contribution in [0.15, 0.2) is 30.3 Å². The van der Waals surface area contributed by atoms with E-state index in [-0.39, 0.29) is 18.5 Å². The number of nitrogens with zero attached hydrogens (tertiary/aromatic N) is 2. The second-order valence-electron chi connectivity index (χ2n) is 7.67. The molecular weight excluding hydrogens is 328 g/mol. The minimum absolute atomic E-state index is 0.0210. The van der Waals surface area contributed by atoms with Crippen molar-refractivity contribution in [2.24, 2.45) is 5.92 Å². The molecule has 1 aromatic rings. The molecule has 1 atom stereocenters. The highest BCUT2D eigenvalue weighted by atomic mass is 16.4. The van der Waals surface area contributed by atoms with Crippen LogP contribution in [0.4, 0.5) is 0 Å². The first-order valence-electron chi connectivity index (χ1n) is 9.92. The van der Waals surface area contributed by atoms with Gasteiger partial charge in [0.25, 0.3) is 0 Å². The third-order valence-electron chi connectivity index (χ3n) is 5.85. The summed E-state index contributed by atoms with van der Waals surface area (Å²) in [7, 11) is 0. The Bertz CT molecular complexity index is 597. The lowest BCUT2D eigenvalue weighted by molar-refractivity contribution is -0.146. The average Bonchev–Trinajstić information content (AvgIpc) is 2.83. The van der Waals surface area contributed by atoms with Gasteiger partial charge in [0, 0.05) is 6.54 Å². The predicted molar refractivity (Wildman–Crippen MR) is 101 cm³/mol. The Balaban J connectivity index is 1.50. The summed E-state index contributed by atoms with van der Waals surface area (Å²) in [4.78, 5) is 27.7. The molecule has 0 radical (unpaired) electrons. The Morgan fingerprint density at radius 1 is 1.04 bits per heavy atom. The molecule has 2 aliphatic rings. The van der Waals surface area contributed by atoms with E-state index in [1.54, 1.807) is 4.90 Å². The standard InChI is InChI=1S/C21H30N2O3/c24-20(25)16-23-13-5-4-8-19(21(23)26)22-14-11-18(12-15-22)10-9-17-6-2-1-3-7-17/h1-3,6-7,18-19H,4-5,8-16H2,(H,24,25). The number of piperidine rings is 1. The van der Waals surface area contributed by atoms with Gasteiger partial charge in [0.15, 0.2) is 0 Å². The predicted octanol–water partition coefficient (Wildman–Crippen LogP) is 2.80. The molecule has 0 aromatic heterocycles. The van der Waals surface area contributed by atoms with Crippen LogP contribution >= 0.6 is 0 Å². The van der Waals surface area contributed by atoms with Crippen LogP contribution in [0.5, 0.6) is 0 Å². The Morgan fingerprint density at radius 3 is 2.46 bits per heavy atom. The Hall–Kier alpha value is -1.88. The summed E-state index contributed by atoms with van der Waals surface area (Å²) in [5.74, 6) is -0.172. The summed E-state index contributed by atoms with van der Waals surface area (Å²) in [6.45, 7) is 2.32. The quantitative estimate of drug-likeness (QED) is 0.849. The monoisotopic (exact) mass is 358 g/mol. The van der Waals surface area contributed by atoms with E-state index in [9.17, 15) is 9.59 Å². The van der Waals surface area contributed by atoms with Gasteiger partial charge in [0.2, 0.25) is 5.91 Å². The highest BCUT2D eigenvalue weighted by molar-refractivity contribution is 5.85. The number of aliphatic carboxylic acids is 1. The highest BCUT2D eigenvalue weighted by Crippen LogP contribution is 2.26. The van der Waals surface area contributed by atoms with Gasteiger partial charge in [-0.3, -0.25) is 14.5 Å². The molecule has 0 spiro atoms. The number of likely N-dealkylation sites (tertiary alicyclic amines) is 2. The Kier molecular flexibility index (Phi) is 6.67. The van der Waals surface area contributed by atoms with E-state index in [1.807, 2.05) is 0 Å². The molecular formula is C21H30N2O3. The molecule has 0 bridgehead atoms. The molecule has 2 heterocycles. The van der Waals surface area contributed by atoms with Gasteiger partial charge in [0.05, 0.1) is 6.04 Å². The van der Waals surface area contributed by atoms with Crippen molar-refractivity contribution in [1.82, 2.24) is 9.80 Å². The van der Waals surface area contributed by atoms with Crippen molar-refractivity contribution in [3.63, 3.8) is 0 Å². The molecule has 142 valence electrons. The maximum Gasteiger partial charge on any atom is 0.323 e. The van der Waals surface area contributed by atoms with E-state index in [4.69, 9.17) is 5.11 Å². The Labute approximate surface area is 156 Å². The summed E-state index contributed by atoms with van der Waals surface area (Å²) in [6.07, 6.45) is 7.38. The van der Waals surface area contributed by atoms with Crippen LogP contribution in [-0.4, -0.2) is 59.0 Å². The average molecular weight is 358 g/mol. The van der Waals surface area contributed by atoms with Crippen molar-refractivity contribution in [2.75, 3.05) is 26.2 Å². The summed E-state index contributed by atoms with van der Waals surface area (Å²) in [5, 5.41) is 9.05. The second-order valence-corrected chi connectivity index (χ2v) is 7.67. The third-order valence-corrected chi connectivity index (χ3v) is 5.85. The largest absolute Gasteiger partial charge is 0.480 e. The zero-order valence-electron chi connectivity index (χ0n) is 15.5. The van der Waals surface area contributed by atoms with E-state index in [0.29, 0.717) is 6.54 Å². The van der Waals surface area contributed by atoms with Gasteiger partial charge in [-0.15, -0.1) is 0 Å². The molecule has 0 saturated carbocycles. The molecule has 2 saturated heterocycles. The van der Waals surface area contributed by atoms with E-state index in [1.165, 1.54) is 12.0 Å². The van der Waals surface area contributed by atoms with Crippen molar-refractivity contribution < 1.29 is 14.7 Å². The maximum absolute atomic E-state index is 12.8. The number of hydrogen-bond acceptors (Lipinski definition) is 3. The van der Waals surface area contributed by atoms with Crippen LogP contribution in [0.2, 0.25) is 0 Å². The SMILES string of the molecule is O=C(O)CN1CCCCC(N2CCC(CCc3ccccc3)CC2)C1=O. The lowest BCUT2D eigenvalue weighted by Crippen LogP contribution is -2.51. The fraction of sp³-hybridized carbons (Fsp3) is 0.619. The number of aryl methyl sites for hydroxylation is 1. The van der Waals surface area contributed by atoms with Gasteiger partial charge in [-0.2, -0.15) is 0 Å². The molecule has 3 rings (SSSR count). The fourth-order valence-corrected chi connectivity index (χ4v) is 4.31. The molecule has 0 aliphatic carbocycles. The van der Waals surface area contributed by atoms with Gasteiger partial charge in [-0.05, 0) is 69.5 Å². The summed E-state index contributed by atoms with van der Waals surface area (Å²) >= 11 is 0. The van der Waals surface area contributed by atoms with Crippen molar-refractivity contribution >= 4 is 11.9 Å². The molecule has 1 amide bonds. The number of amides is 1. The third kappa shape index (κ3) is 5.07. The first-order chi connectivity index (χ1) is 12.6. The normalized spacial score (nSPS) is 23.0. The maximum atomic E-state index is 12.8. The smallest absolute Gasteiger partial charge is 0.323 e. The molecule has 2 fully saturated rings. The first-order valence-corrected chi connectivity index (χ1v) is 9.92. The molecule has 5 nitrogen and oxygen atoms in total. The van der Waals surface area contributed by atoms with Crippen LogP contribution in [0.1, 0.15) is 44.1 Å². The first kappa shape index (κ1) is 18.9.